The van der Waals surface area contributed by atoms with Crippen LogP contribution < -0.4 is 5.32 Å². The highest BCUT2D eigenvalue weighted by atomic mass is 35.5. The Balaban J connectivity index is 2.61. The molecule has 0 saturated heterocycles. The van der Waals surface area contributed by atoms with Gasteiger partial charge in [0.1, 0.15) is 5.82 Å². The van der Waals surface area contributed by atoms with Gasteiger partial charge in [-0.1, -0.05) is 24.6 Å². The first-order valence-corrected chi connectivity index (χ1v) is 6.30. The van der Waals surface area contributed by atoms with Crippen molar-refractivity contribution in [3.63, 3.8) is 0 Å². The van der Waals surface area contributed by atoms with Gasteiger partial charge >= 0.3 is 0 Å². The Bertz CT molecular complexity index is 346. The van der Waals surface area contributed by atoms with Gasteiger partial charge in [-0.3, -0.25) is 0 Å². The first-order valence-electron chi connectivity index (χ1n) is 5.92. The topological polar surface area (TPSA) is 21.3 Å². The minimum Gasteiger partial charge on any atom is -0.380 e. The van der Waals surface area contributed by atoms with E-state index in [1.54, 1.807) is 6.07 Å². The second kappa shape index (κ2) is 7.64. The van der Waals surface area contributed by atoms with E-state index in [0.29, 0.717) is 13.2 Å². The van der Waals surface area contributed by atoms with Crippen molar-refractivity contribution in [1.29, 1.82) is 0 Å². The highest BCUT2D eigenvalue weighted by Gasteiger charge is 2.10. The number of benzene rings is 1. The van der Waals surface area contributed by atoms with Gasteiger partial charge in [0.05, 0.1) is 11.6 Å². The number of hydrogen-bond acceptors (Lipinski definition) is 2. The lowest BCUT2D eigenvalue weighted by molar-refractivity contribution is 0.123. The van der Waals surface area contributed by atoms with Gasteiger partial charge in [-0.2, -0.15) is 0 Å². The molecule has 0 spiro atoms. The quantitative estimate of drug-likeness (QED) is 0.813. The lowest BCUT2D eigenvalue weighted by atomic mass is 10.1. The van der Waals surface area contributed by atoms with E-state index < -0.39 is 0 Å². The molecule has 1 aromatic rings. The third kappa shape index (κ3) is 5.02. The molecule has 0 saturated carbocycles. The number of nitrogens with one attached hydrogen (secondary N) is 1. The van der Waals surface area contributed by atoms with E-state index in [9.17, 15) is 4.39 Å². The molecule has 1 atom stereocenters. The maximum absolute atomic E-state index is 13.3. The molecule has 0 aliphatic heterocycles. The minimum atomic E-state index is -0.365. The molecular formula is C13H19ClFNO. The van der Waals surface area contributed by atoms with Gasteiger partial charge in [0, 0.05) is 12.6 Å². The summed E-state index contributed by atoms with van der Waals surface area (Å²) >= 11 is 5.65. The summed E-state index contributed by atoms with van der Waals surface area (Å²) in [6.07, 6.45) is 0.738. The van der Waals surface area contributed by atoms with Gasteiger partial charge in [0.15, 0.2) is 0 Å². The first-order chi connectivity index (χ1) is 8.17. The molecule has 4 heteroatoms. The van der Waals surface area contributed by atoms with E-state index in [4.69, 9.17) is 16.3 Å². The predicted octanol–water partition coefficient (Wildman–Crippen LogP) is 3.04. The second-order valence-electron chi connectivity index (χ2n) is 3.87. The molecule has 0 aromatic heterocycles. The molecule has 0 aliphatic carbocycles. The van der Waals surface area contributed by atoms with E-state index in [0.717, 1.165) is 18.5 Å². The molecule has 17 heavy (non-hydrogen) atoms. The number of rotatable bonds is 7. The first kappa shape index (κ1) is 14.4. The second-order valence-corrected chi connectivity index (χ2v) is 4.27. The van der Waals surface area contributed by atoms with Crippen LogP contribution in [0.1, 0.15) is 19.4 Å². The third-order valence-corrected chi connectivity index (χ3v) is 2.79. The summed E-state index contributed by atoms with van der Waals surface area (Å²) in [5, 5.41) is 3.48. The Morgan fingerprint density at radius 1 is 1.41 bits per heavy atom. The van der Waals surface area contributed by atoms with E-state index in [2.05, 4.69) is 5.32 Å². The van der Waals surface area contributed by atoms with Crippen LogP contribution in [0.25, 0.3) is 0 Å². The van der Waals surface area contributed by atoms with Crippen LogP contribution in [0.2, 0.25) is 5.02 Å². The Hall–Kier alpha value is -0.640. The highest BCUT2D eigenvalue weighted by Crippen LogP contribution is 2.16. The van der Waals surface area contributed by atoms with Gasteiger partial charge in [0.25, 0.3) is 0 Å². The van der Waals surface area contributed by atoms with Crippen molar-refractivity contribution < 1.29 is 9.13 Å². The molecule has 96 valence electrons. The van der Waals surface area contributed by atoms with Crippen molar-refractivity contribution in [3.8, 4) is 0 Å². The fraction of sp³-hybridized carbons (Fsp3) is 0.538. The molecular weight excluding hydrogens is 241 g/mol. The maximum atomic E-state index is 13.3. The van der Waals surface area contributed by atoms with Crippen molar-refractivity contribution in [1.82, 2.24) is 5.32 Å². The van der Waals surface area contributed by atoms with Crippen LogP contribution in [0.3, 0.4) is 0 Å². The zero-order chi connectivity index (χ0) is 12.7. The molecule has 0 radical (unpaired) electrons. The summed E-state index contributed by atoms with van der Waals surface area (Å²) < 4.78 is 18.7. The summed E-state index contributed by atoms with van der Waals surface area (Å²) in [6, 6.07) is 5.14. The molecule has 0 aliphatic rings. The summed E-state index contributed by atoms with van der Waals surface area (Å²) in [4.78, 5) is 0. The Labute approximate surface area is 107 Å². The van der Waals surface area contributed by atoms with Crippen molar-refractivity contribution in [2.24, 2.45) is 0 Å². The molecule has 1 unspecified atom stereocenters. The summed E-state index contributed by atoms with van der Waals surface area (Å²) in [6.45, 7) is 6.20. The van der Waals surface area contributed by atoms with Crippen LogP contribution in [0.5, 0.6) is 0 Å². The van der Waals surface area contributed by atoms with Gasteiger partial charge in [-0.05, 0) is 37.6 Å². The van der Waals surface area contributed by atoms with Crippen LogP contribution in [0.4, 0.5) is 4.39 Å². The van der Waals surface area contributed by atoms with E-state index in [-0.39, 0.29) is 16.9 Å². The number of halogens is 2. The van der Waals surface area contributed by atoms with E-state index in [1.165, 1.54) is 6.07 Å². The fourth-order valence-corrected chi connectivity index (χ4v) is 1.81. The van der Waals surface area contributed by atoms with E-state index in [1.807, 2.05) is 19.9 Å². The van der Waals surface area contributed by atoms with Crippen LogP contribution >= 0.6 is 11.6 Å². The number of likely N-dealkylation sites (N-methyl/N-ethyl adjacent to an activating group) is 1. The van der Waals surface area contributed by atoms with Gasteiger partial charge in [-0.25, -0.2) is 4.39 Å². The summed E-state index contributed by atoms with van der Waals surface area (Å²) in [5.74, 6) is -0.365. The fourth-order valence-electron chi connectivity index (χ4n) is 1.69. The maximum Gasteiger partial charge on any atom is 0.142 e. The van der Waals surface area contributed by atoms with Crippen molar-refractivity contribution in [3.05, 3.63) is 34.6 Å². The van der Waals surface area contributed by atoms with E-state index >= 15 is 0 Å². The molecule has 1 aromatic carbocycles. The van der Waals surface area contributed by atoms with Crippen LogP contribution in [0.15, 0.2) is 18.2 Å². The standard InChI is InChI=1S/C13H19ClFNO/c1-3-16-11(9-17-4-2)7-10-5-6-12(14)13(15)8-10/h5-6,8,11,16H,3-4,7,9H2,1-2H3. The zero-order valence-electron chi connectivity index (χ0n) is 10.3. The van der Waals surface area contributed by atoms with Crippen molar-refractivity contribution in [2.75, 3.05) is 19.8 Å². The smallest absolute Gasteiger partial charge is 0.142 e. The molecule has 0 heterocycles. The molecule has 0 bridgehead atoms. The molecule has 1 N–H and O–H groups in total. The Morgan fingerprint density at radius 2 is 2.18 bits per heavy atom. The van der Waals surface area contributed by atoms with Crippen LogP contribution in [-0.4, -0.2) is 25.8 Å². The molecule has 2 nitrogen and oxygen atoms in total. The molecule has 0 fully saturated rings. The molecule has 0 amide bonds. The lowest BCUT2D eigenvalue weighted by Gasteiger charge is -2.17. The van der Waals surface area contributed by atoms with Gasteiger partial charge in [0.2, 0.25) is 0 Å². The number of hydrogen-bond donors (Lipinski definition) is 1. The summed E-state index contributed by atoms with van der Waals surface area (Å²) in [5.41, 5.74) is 0.928. The average molecular weight is 260 g/mol. The normalized spacial score (nSPS) is 12.7. The monoisotopic (exact) mass is 259 g/mol. The third-order valence-electron chi connectivity index (χ3n) is 2.48. The lowest BCUT2D eigenvalue weighted by Crippen LogP contribution is -2.35. The predicted molar refractivity (Wildman–Crippen MR) is 69.1 cm³/mol. The van der Waals surface area contributed by atoms with Crippen LogP contribution in [-0.2, 0) is 11.2 Å². The van der Waals surface area contributed by atoms with Gasteiger partial charge in [-0.15, -0.1) is 0 Å². The molecule has 1 rings (SSSR count). The minimum absolute atomic E-state index is 0.165. The highest BCUT2D eigenvalue weighted by molar-refractivity contribution is 6.30. The Morgan fingerprint density at radius 3 is 2.76 bits per heavy atom. The van der Waals surface area contributed by atoms with Crippen molar-refractivity contribution in [2.45, 2.75) is 26.3 Å². The summed E-state index contributed by atoms with van der Waals surface area (Å²) in [7, 11) is 0. The largest absolute Gasteiger partial charge is 0.380 e. The average Bonchev–Trinajstić information content (AvgIpc) is 2.31. The van der Waals surface area contributed by atoms with Gasteiger partial charge < -0.3 is 10.1 Å². The Kier molecular flexibility index (Phi) is 6.48. The van der Waals surface area contributed by atoms with Crippen LogP contribution in [0, 0.1) is 5.82 Å². The number of ether oxygens (including phenoxy) is 1. The zero-order valence-corrected chi connectivity index (χ0v) is 11.1. The SMILES string of the molecule is CCNC(COCC)Cc1ccc(Cl)c(F)c1. The van der Waals surface area contributed by atoms with Crippen molar-refractivity contribution >= 4 is 11.6 Å².